The van der Waals surface area contributed by atoms with Crippen molar-refractivity contribution in [3.05, 3.63) is 11.9 Å². The zero-order valence-corrected chi connectivity index (χ0v) is 23.2. The fourth-order valence-corrected chi connectivity index (χ4v) is 6.51. The summed E-state index contributed by atoms with van der Waals surface area (Å²) in [6, 6.07) is 0.439. The minimum atomic E-state index is -2.66. The number of hydrogen-bond acceptors (Lipinski definition) is 7. The monoisotopic (exact) mass is 515 g/mol. The number of carbonyl (C=O) groups is 1. The first-order valence-corrected chi connectivity index (χ1v) is 15.5. The van der Waals surface area contributed by atoms with Gasteiger partial charge in [-0.2, -0.15) is 0 Å². The third kappa shape index (κ3) is 15.2. The van der Waals surface area contributed by atoms with Gasteiger partial charge in [-0.1, -0.05) is 50.2 Å². The molecular formula is C24H49N5O5Si. The van der Waals surface area contributed by atoms with Crippen molar-refractivity contribution in [1.82, 2.24) is 25.6 Å². The maximum atomic E-state index is 12.1. The van der Waals surface area contributed by atoms with Crippen molar-refractivity contribution >= 4 is 14.8 Å². The van der Waals surface area contributed by atoms with Gasteiger partial charge in [0.15, 0.2) is 0 Å². The number of aliphatic hydroxyl groups is 1. The van der Waals surface area contributed by atoms with Gasteiger partial charge in [-0.05, 0) is 40.0 Å². The van der Waals surface area contributed by atoms with Gasteiger partial charge < -0.3 is 29.0 Å². The van der Waals surface area contributed by atoms with Crippen molar-refractivity contribution < 1.29 is 23.2 Å². The molecule has 1 aromatic heterocycles. The van der Waals surface area contributed by atoms with Crippen LogP contribution in [0.4, 0.5) is 4.79 Å². The summed E-state index contributed by atoms with van der Waals surface area (Å²) in [6.45, 7) is 9.48. The second-order valence-corrected chi connectivity index (χ2v) is 11.3. The van der Waals surface area contributed by atoms with Gasteiger partial charge >= 0.3 is 14.8 Å². The number of nitrogens with zero attached hydrogens (tertiary/aromatic N) is 3. The molecule has 204 valence electrons. The summed E-state index contributed by atoms with van der Waals surface area (Å²) >= 11 is 0. The molecule has 0 spiro atoms. The molecule has 1 aromatic rings. The van der Waals surface area contributed by atoms with E-state index >= 15 is 0 Å². The van der Waals surface area contributed by atoms with Gasteiger partial charge in [-0.25, -0.2) is 4.79 Å². The van der Waals surface area contributed by atoms with Crippen LogP contribution in [0.1, 0.15) is 90.7 Å². The van der Waals surface area contributed by atoms with Gasteiger partial charge in [0.2, 0.25) is 0 Å². The molecule has 1 rings (SSSR count). The summed E-state index contributed by atoms with van der Waals surface area (Å²) in [6.07, 6.45) is 13.2. The number of carbonyl (C=O) groups excluding carboxylic acids is 1. The van der Waals surface area contributed by atoms with Crippen molar-refractivity contribution in [2.24, 2.45) is 0 Å². The number of hydrogen-bond donors (Lipinski definition) is 3. The number of nitrogens with one attached hydrogen (secondary N) is 2. The van der Waals surface area contributed by atoms with Crippen LogP contribution in [-0.2, 0) is 26.4 Å². The minimum absolute atomic E-state index is 0.229. The Kier molecular flexibility index (Phi) is 18.6. The highest BCUT2D eigenvalue weighted by atomic mass is 28.4. The second-order valence-electron chi connectivity index (χ2n) is 8.57. The van der Waals surface area contributed by atoms with E-state index in [-0.39, 0.29) is 6.03 Å². The predicted octanol–water partition coefficient (Wildman–Crippen LogP) is 4.02. The number of unbranched alkanes of at least 4 members (excludes halogenated alkanes) is 8. The number of aromatic nitrogens is 3. The van der Waals surface area contributed by atoms with Gasteiger partial charge in [0.05, 0.1) is 12.7 Å². The molecule has 0 aliphatic rings. The smallest absolute Gasteiger partial charge is 0.396 e. The van der Waals surface area contributed by atoms with E-state index in [0.717, 1.165) is 37.9 Å². The Morgan fingerprint density at radius 1 is 0.886 bits per heavy atom. The zero-order valence-electron chi connectivity index (χ0n) is 22.2. The average molecular weight is 516 g/mol. The minimum Gasteiger partial charge on any atom is -0.396 e. The highest BCUT2D eigenvalue weighted by Gasteiger charge is 2.39. The molecule has 0 bridgehead atoms. The van der Waals surface area contributed by atoms with Crippen LogP contribution in [-0.4, -0.2) is 67.9 Å². The highest BCUT2D eigenvalue weighted by Crippen LogP contribution is 2.17. The van der Waals surface area contributed by atoms with Gasteiger partial charge in [0.1, 0.15) is 5.69 Å². The largest absolute Gasteiger partial charge is 0.500 e. The predicted molar refractivity (Wildman–Crippen MR) is 139 cm³/mol. The van der Waals surface area contributed by atoms with E-state index in [4.69, 9.17) is 18.4 Å². The molecule has 0 aliphatic carbocycles. The van der Waals surface area contributed by atoms with Crippen LogP contribution in [0.3, 0.4) is 0 Å². The molecule has 0 radical (unpaired) electrons. The number of urea groups is 1. The highest BCUT2D eigenvalue weighted by molar-refractivity contribution is 6.60. The molecule has 2 amide bonds. The molecule has 0 unspecified atom stereocenters. The molecule has 11 heteroatoms. The average Bonchev–Trinajstić information content (AvgIpc) is 3.30. The molecular weight excluding hydrogens is 466 g/mol. The maximum absolute atomic E-state index is 12.1. The van der Waals surface area contributed by atoms with Crippen LogP contribution in [0.2, 0.25) is 6.04 Å². The van der Waals surface area contributed by atoms with E-state index in [1.807, 2.05) is 31.6 Å². The third-order valence-electron chi connectivity index (χ3n) is 5.60. The maximum Gasteiger partial charge on any atom is 0.500 e. The van der Waals surface area contributed by atoms with E-state index in [1.165, 1.54) is 38.5 Å². The fraction of sp³-hybridized carbons (Fsp3) is 0.875. The van der Waals surface area contributed by atoms with Gasteiger partial charge in [0, 0.05) is 45.6 Å². The van der Waals surface area contributed by atoms with Gasteiger partial charge in [-0.15, -0.1) is 5.10 Å². The van der Waals surface area contributed by atoms with Crippen LogP contribution >= 0.6 is 0 Å². The molecule has 1 heterocycles. The molecule has 0 saturated heterocycles. The molecule has 0 aliphatic heterocycles. The van der Waals surface area contributed by atoms with Crippen LogP contribution < -0.4 is 10.6 Å². The Morgan fingerprint density at radius 3 is 2.03 bits per heavy atom. The van der Waals surface area contributed by atoms with E-state index in [2.05, 4.69) is 20.9 Å². The summed E-state index contributed by atoms with van der Waals surface area (Å²) in [5.41, 5.74) is 0.749. The van der Waals surface area contributed by atoms with Gasteiger partial charge in [0.25, 0.3) is 0 Å². The number of rotatable bonds is 23. The first-order chi connectivity index (χ1) is 17.1. The summed E-state index contributed by atoms with van der Waals surface area (Å²) in [5, 5.41) is 22.8. The molecule has 3 N–H and O–H groups in total. The van der Waals surface area contributed by atoms with Gasteiger partial charge in [-0.3, -0.25) is 4.68 Å². The lowest BCUT2D eigenvalue weighted by molar-refractivity contribution is 0.0708. The Labute approximate surface area is 212 Å². The van der Waals surface area contributed by atoms with Crippen LogP contribution in [0.5, 0.6) is 0 Å². The SMILES string of the molecule is CCO[Si](CCCNC(=O)NCc1cn(CCCCCCCCCCCO)nn1)(OCC)OCC. The molecule has 35 heavy (non-hydrogen) atoms. The Bertz CT molecular complexity index is 633. The number of amides is 2. The third-order valence-corrected chi connectivity index (χ3v) is 8.75. The van der Waals surface area contributed by atoms with E-state index in [1.54, 1.807) is 0 Å². The summed E-state index contributed by atoms with van der Waals surface area (Å²) in [7, 11) is -2.66. The lowest BCUT2D eigenvalue weighted by Gasteiger charge is -2.28. The van der Waals surface area contributed by atoms with Crippen molar-refractivity contribution in [2.75, 3.05) is 33.0 Å². The Hall–Kier alpha value is -1.53. The summed E-state index contributed by atoms with van der Waals surface area (Å²) < 4.78 is 19.4. The number of aryl methyl sites for hydroxylation is 1. The standard InChI is InChI=1S/C24H49N5O5Si/c1-4-32-35(33-5-2,34-6-3)20-16-17-25-24(31)26-21-23-22-29(28-27-23)18-14-12-10-8-7-9-11-13-15-19-30/h22,30H,4-21H2,1-3H3,(H2,25,26,31). The van der Waals surface area contributed by atoms with E-state index in [9.17, 15) is 4.79 Å². The quantitative estimate of drug-likeness (QED) is 0.149. The first kappa shape index (κ1) is 31.5. The topological polar surface area (TPSA) is 120 Å². The molecule has 0 saturated carbocycles. The van der Waals surface area contributed by atoms with Crippen molar-refractivity contribution in [2.45, 2.75) is 104 Å². The molecule has 0 fully saturated rings. The molecule has 0 aromatic carbocycles. The lowest BCUT2D eigenvalue weighted by atomic mass is 10.1. The van der Waals surface area contributed by atoms with E-state index < -0.39 is 8.80 Å². The van der Waals surface area contributed by atoms with Crippen LogP contribution in [0.15, 0.2) is 6.20 Å². The first-order valence-electron chi connectivity index (χ1n) is 13.5. The normalized spacial score (nSPS) is 11.7. The fourth-order valence-electron chi connectivity index (χ4n) is 3.89. The van der Waals surface area contributed by atoms with Crippen molar-refractivity contribution in [3.8, 4) is 0 Å². The molecule has 0 atom stereocenters. The summed E-state index contributed by atoms with van der Waals surface area (Å²) in [4.78, 5) is 12.1. The van der Waals surface area contributed by atoms with Crippen molar-refractivity contribution in [3.63, 3.8) is 0 Å². The lowest BCUT2D eigenvalue weighted by Crippen LogP contribution is -2.46. The Balaban J connectivity index is 2.14. The Morgan fingerprint density at radius 2 is 1.46 bits per heavy atom. The molecule has 10 nitrogen and oxygen atoms in total. The van der Waals surface area contributed by atoms with Crippen LogP contribution in [0, 0.1) is 0 Å². The second kappa shape index (κ2) is 20.6. The number of aliphatic hydroxyl groups excluding tert-OH is 1. The summed E-state index contributed by atoms with van der Waals surface area (Å²) in [5.74, 6) is 0. The van der Waals surface area contributed by atoms with Crippen LogP contribution in [0.25, 0.3) is 0 Å². The zero-order chi connectivity index (χ0) is 25.6. The van der Waals surface area contributed by atoms with E-state index in [0.29, 0.717) is 45.6 Å². The van der Waals surface area contributed by atoms with Crippen molar-refractivity contribution in [1.29, 1.82) is 0 Å².